The monoisotopic (exact) mass is 678 g/mol. The molecule has 0 aromatic heterocycles. The number of nitrogens with two attached hydrogens (primary N) is 1. The summed E-state index contributed by atoms with van der Waals surface area (Å²) in [5.41, 5.74) is 7.45. The molecule has 6 rings (SSSR count). The van der Waals surface area contributed by atoms with E-state index in [2.05, 4.69) is 15.5 Å². The van der Waals surface area contributed by atoms with Gasteiger partial charge in [-0.3, -0.25) is 13.7 Å². The summed E-state index contributed by atoms with van der Waals surface area (Å²) in [6, 6.07) is 23.3. The molecule has 0 fully saturated rings. The molecule has 46 heavy (non-hydrogen) atoms. The van der Waals surface area contributed by atoms with Crippen LogP contribution in [-0.2, 0) is 30.4 Å². The number of rotatable bonds is 7. The van der Waals surface area contributed by atoms with Gasteiger partial charge < -0.3 is 11.1 Å². The van der Waals surface area contributed by atoms with Gasteiger partial charge in [-0.1, -0.05) is 36.4 Å². The Morgan fingerprint density at radius 1 is 0.543 bits per heavy atom. The highest BCUT2D eigenvalue weighted by atomic mass is 32.2. The maximum absolute atomic E-state index is 12.1. The standard InChI is InChI=1S/C30H22N4O9S3/c31-24-11-12-25(21-4-2-6-29(30(21)24)46(41,42)43)32-26-13-14-28(20-10-9-19(16-23(20)26)45(38,39)40)34-33-27-5-1-3-17-7-8-18(15-22(17)27)44(35,36)37/h1-16,32H,31H2,(H,35,36,37)(H,38,39,40)(H,41,42,43). The van der Waals surface area contributed by atoms with Crippen molar-refractivity contribution in [2.24, 2.45) is 10.2 Å². The van der Waals surface area contributed by atoms with Crippen LogP contribution in [0.3, 0.4) is 0 Å². The summed E-state index contributed by atoms with van der Waals surface area (Å²) in [7, 11) is -13.7. The lowest BCUT2D eigenvalue weighted by molar-refractivity contribution is 0.481. The van der Waals surface area contributed by atoms with Gasteiger partial charge in [-0.15, -0.1) is 10.2 Å². The minimum Gasteiger partial charge on any atom is -0.398 e. The molecule has 0 saturated carbocycles. The van der Waals surface area contributed by atoms with Crippen LogP contribution in [0, 0.1) is 0 Å². The van der Waals surface area contributed by atoms with Gasteiger partial charge in [-0.2, -0.15) is 25.3 Å². The molecular formula is C30H22N4O9S3. The van der Waals surface area contributed by atoms with E-state index in [-0.39, 0.29) is 32.7 Å². The smallest absolute Gasteiger partial charge is 0.295 e. The Hall–Kier alpha value is -4.97. The molecule has 0 unspecified atom stereocenters. The molecule has 16 heteroatoms. The largest absolute Gasteiger partial charge is 0.398 e. The number of fused-ring (bicyclic) bond motifs is 3. The Balaban J connectivity index is 1.51. The van der Waals surface area contributed by atoms with Gasteiger partial charge >= 0.3 is 0 Å². The molecule has 0 atom stereocenters. The topological polar surface area (TPSA) is 226 Å². The van der Waals surface area contributed by atoms with Gasteiger partial charge in [0.15, 0.2) is 0 Å². The number of nitrogens with one attached hydrogen (secondary N) is 1. The van der Waals surface area contributed by atoms with Gasteiger partial charge in [0.1, 0.15) is 4.90 Å². The van der Waals surface area contributed by atoms with E-state index in [1.54, 1.807) is 42.5 Å². The summed E-state index contributed by atoms with van der Waals surface area (Å²) in [5, 5.41) is 14.0. The summed E-state index contributed by atoms with van der Waals surface area (Å²) in [4.78, 5) is -1.11. The number of hydrogen-bond donors (Lipinski definition) is 5. The highest BCUT2D eigenvalue weighted by molar-refractivity contribution is 7.86. The van der Waals surface area contributed by atoms with E-state index in [4.69, 9.17) is 5.73 Å². The first-order valence-electron chi connectivity index (χ1n) is 13.1. The van der Waals surface area contributed by atoms with Gasteiger partial charge in [-0.25, -0.2) is 0 Å². The molecule has 234 valence electrons. The Labute approximate surface area is 262 Å². The van der Waals surface area contributed by atoms with Gasteiger partial charge in [0.2, 0.25) is 0 Å². The number of nitrogen functional groups attached to an aromatic ring is 1. The average molecular weight is 679 g/mol. The summed E-state index contributed by atoms with van der Waals surface area (Å²) < 4.78 is 101. The van der Waals surface area contributed by atoms with Crippen LogP contribution in [-0.4, -0.2) is 38.9 Å². The Morgan fingerprint density at radius 3 is 1.80 bits per heavy atom. The van der Waals surface area contributed by atoms with E-state index in [0.717, 1.165) is 0 Å². The molecule has 0 aliphatic carbocycles. The van der Waals surface area contributed by atoms with Crippen molar-refractivity contribution in [3.8, 4) is 0 Å². The van der Waals surface area contributed by atoms with E-state index in [0.29, 0.717) is 32.9 Å². The maximum Gasteiger partial charge on any atom is 0.295 e. The molecule has 0 heterocycles. The molecule has 0 amide bonds. The van der Waals surface area contributed by atoms with Crippen molar-refractivity contribution in [2.45, 2.75) is 14.7 Å². The van der Waals surface area contributed by atoms with Crippen LogP contribution in [0.2, 0.25) is 0 Å². The van der Waals surface area contributed by atoms with E-state index >= 15 is 0 Å². The van der Waals surface area contributed by atoms with E-state index in [1.165, 1.54) is 54.6 Å². The van der Waals surface area contributed by atoms with Crippen molar-refractivity contribution >= 4 is 91.1 Å². The molecule has 0 radical (unpaired) electrons. The van der Waals surface area contributed by atoms with Crippen LogP contribution in [0.15, 0.2) is 122 Å². The summed E-state index contributed by atoms with van der Waals surface area (Å²) >= 11 is 0. The van der Waals surface area contributed by atoms with Crippen LogP contribution in [0.5, 0.6) is 0 Å². The highest BCUT2D eigenvalue weighted by Crippen LogP contribution is 2.40. The zero-order valence-electron chi connectivity index (χ0n) is 23.2. The number of azo groups is 1. The number of benzene rings is 6. The fraction of sp³-hybridized carbons (Fsp3) is 0. The number of anilines is 3. The minimum atomic E-state index is -4.62. The molecule has 0 bridgehead atoms. The van der Waals surface area contributed by atoms with Crippen molar-refractivity contribution in [3.63, 3.8) is 0 Å². The summed E-state index contributed by atoms with van der Waals surface area (Å²) in [6.07, 6.45) is 0. The zero-order chi connectivity index (χ0) is 33.0. The molecule has 0 aliphatic rings. The van der Waals surface area contributed by atoms with Crippen LogP contribution in [0.4, 0.5) is 28.4 Å². The van der Waals surface area contributed by atoms with Crippen LogP contribution < -0.4 is 11.1 Å². The number of hydrogen-bond acceptors (Lipinski definition) is 10. The lowest BCUT2D eigenvalue weighted by Crippen LogP contribution is -2.03. The van der Waals surface area contributed by atoms with Crippen LogP contribution in [0.25, 0.3) is 32.3 Å². The Kier molecular flexibility index (Phi) is 7.51. The Morgan fingerprint density at radius 2 is 1.13 bits per heavy atom. The van der Waals surface area contributed by atoms with E-state index < -0.39 is 40.1 Å². The second kappa shape index (κ2) is 11.1. The van der Waals surface area contributed by atoms with E-state index in [1.807, 2.05) is 0 Å². The molecule has 6 N–H and O–H groups in total. The quantitative estimate of drug-likeness (QED) is 0.0684. The predicted molar refractivity (Wildman–Crippen MR) is 173 cm³/mol. The first-order valence-corrected chi connectivity index (χ1v) is 17.5. The third-order valence-electron chi connectivity index (χ3n) is 7.24. The average Bonchev–Trinajstić information content (AvgIpc) is 2.99. The van der Waals surface area contributed by atoms with Crippen molar-refractivity contribution in [3.05, 3.63) is 97.1 Å². The lowest BCUT2D eigenvalue weighted by atomic mass is 10.0. The normalized spacial score (nSPS) is 12.8. The Bertz CT molecular complexity index is 2610. The fourth-order valence-corrected chi connectivity index (χ4v) is 6.88. The summed E-state index contributed by atoms with van der Waals surface area (Å²) in [6.45, 7) is 0. The minimum absolute atomic E-state index is 0.0793. The second-order valence-electron chi connectivity index (χ2n) is 10.1. The van der Waals surface area contributed by atoms with Crippen molar-refractivity contribution < 1.29 is 38.9 Å². The van der Waals surface area contributed by atoms with Gasteiger partial charge in [0.05, 0.1) is 21.2 Å². The predicted octanol–water partition coefficient (Wildman–Crippen LogP) is 6.63. The third kappa shape index (κ3) is 5.87. The molecule has 6 aromatic rings. The van der Waals surface area contributed by atoms with Crippen molar-refractivity contribution in [2.75, 3.05) is 11.1 Å². The third-order valence-corrected chi connectivity index (χ3v) is 9.83. The SMILES string of the molecule is Nc1ccc(Nc2ccc(N=Nc3cccc4ccc(S(=O)(=O)O)cc34)c3ccc(S(=O)(=O)O)cc23)c2cccc(S(=O)(=O)O)c12. The van der Waals surface area contributed by atoms with Gasteiger partial charge in [-0.05, 0) is 66.0 Å². The number of nitrogens with zero attached hydrogens (tertiary/aromatic N) is 2. The molecule has 6 aromatic carbocycles. The summed E-state index contributed by atoms with van der Waals surface area (Å²) in [5.74, 6) is 0. The van der Waals surface area contributed by atoms with E-state index in [9.17, 15) is 38.9 Å². The molecule has 13 nitrogen and oxygen atoms in total. The molecular weight excluding hydrogens is 657 g/mol. The first kappa shape index (κ1) is 31.0. The first-order chi connectivity index (χ1) is 21.6. The molecule has 0 aliphatic heterocycles. The highest BCUT2D eigenvalue weighted by Gasteiger charge is 2.19. The molecule has 0 spiro atoms. The van der Waals surface area contributed by atoms with Gasteiger partial charge in [0, 0.05) is 44.0 Å². The van der Waals surface area contributed by atoms with Crippen molar-refractivity contribution in [1.29, 1.82) is 0 Å². The molecule has 0 saturated heterocycles. The maximum atomic E-state index is 12.1. The van der Waals surface area contributed by atoms with Crippen molar-refractivity contribution in [1.82, 2.24) is 0 Å². The zero-order valence-corrected chi connectivity index (χ0v) is 25.7. The van der Waals surface area contributed by atoms with Crippen LogP contribution in [0.1, 0.15) is 0 Å². The lowest BCUT2D eigenvalue weighted by Gasteiger charge is -2.16. The fourth-order valence-electron chi connectivity index (χ4n) is 5.13. The van der Waals surface area contributed by atoms with Gasteiger partial charge in [0.25, 0.3) is 30.4 Å². The van der Waals surface area contributed by atoms with Crippen LogP contribution >= 0.6 is 0 Å². The second-order valence-corrected chi connectivity index (χ2v) is 14.4.